The maximum absolute atomic E-state index is 13.7. The molecule has 23 heavy (non-hydrogen) atoms. The molecule has 1 aromatic heterocycles. The van der Waals surface area contributed by atoms with E-state index in [9.17, 15) is 18.3 Å². The minimum absolute atomic E-state index is 0.0768. The van der Waals surface area contributed by atoms with E-state index in [1.165, 1.54) is 0 Å². The summed E-state index contributed by atoms with van der Waals surface area (Å²) in [7, 11) is 0. The second kappa shape index (κ2) is 4.91. The first-order valence-electron chi connectivity index (χ1n) is 7.43. The lowest BCUT2D eigenvalue weighted by molar-refractivity contribution is -0.269. The number of hydrazone groups is 1. The van der Waals surface area contributed by atoms with E-state index in [2.05, 4.69) is 10.1 Å². The molecule has 2 aromatic rings. The molecule has 2 heterocycles. The third kappa shape index (κ3) is 2.08. The molecule has 4 rings (SSSR count). The third-order valence-corrected chi connectivity index (χ3v) is 5.51. The summed E-state index contributed by atoms with van der Waals surface area (Å²) in [5, 5.41) is 15.5. The van der Waals surface area contributed by atoms with E-state index in [0.29, 0.717) is 29.1 Å². The molecule has 122 valence electrons. The van der Waals surface area contributed by atoms with Crippen LogP contribution in [0.25, 0.3) is 10.2 Å². The molecule has 0 radical (unpaired) electrons. The van der Waals surface area contributed by atoms with Gasteiger partial charge in [0.2, 0.25) is 5.13 Å². The van der Waals surface area contributed by atoms with Crippen molar-refractivity contribution in [3.8, 4) is 0 Å². The topological polar surface area (TPSA) is 48.7 Å². The van der Waals surface area contributed by atoms with E-state index in [1.807, 2.05) is 0 Å². The second-order valence-corrected chi connectivity index (χ2v) is 6.90. The summed E-state index contributed by atoms with van der Waals surface area (Å²) in [6.45, 7) is 0. The number of rotatable bonds is 1. The van der Waals surface area contributed by atoms with E-state index in [1.54, 1.807) is 24.3 Å². The van der Waals surface area contributed by atoms with Crippen molar-refractivity contribution < 1.29 is 18.3 Å². The van der Waals surface area contributed by atoms with Crippen molar-refractivity contribution in [2.45, 2.75) is 37.6 Å². The standard InChI is InChI=1S/C15H14F3N3OS/c16-15(17,18)14(22)9-5-1-2-6-10(9)20-21(14)13-19-11-7-3-4-8-12(11)23-13/h3-4,7-9,22H,1-2,5-6H2/t9-,14-/m1/s1. The van der Waals surface area contributed by atoms with Gasteiger partial charge in [0.25, 0.3) is 5.72 Å². The SMILES string of the molecule is O[C@@]1(C(F)(F)F)[C@@H]2CCCCC2=NN1c1nc2ccccc2s1. The summed E-state index contributed by atoms with van der Waals surface area (Å²) in [4.78, 5) is 4.24. The molecule has 0 spiro atoms. The van der Waals surface area contributed by atoms with Crippen molar-refractivity contribution in [2.24, 2.45) is 11.0 Å². The Balaban J connectivity index is 1.85. The molecule has 2 atom stereocenters. The number of hydrogen-bond acceptors (Lipinski definition) is 5. The van der Waals surface area contributed by atoms with Crippen molar-refractivity contribution in [2.75, 3.05) is 5.01 Å². The number of alkyl halides is 3. The zero-order valence-corrected chi connectivity index (χ0v) is 12.9. The first-order valence-corrected chi connectivity index (χ1v) is 8.25. The number of aliphatic hydroxyl groups is 1. The van der Waals surface area contributed by atoms with Crippen LogP contribution in [0.1, 0.15) is 25.7 Å². The molecule has 1 saturated carbocycles. The van der Waals surface area contributed by atoms with Gasteiger partial charge in [-0.15, -0.1) is 0 Å². The van der Waals surface area contributed by atoms with Gasteiger partial charge in [-0.25, -0.2) is 4.98 Å². The zero-order chi connectivity index (χ0) is 16.2. The van der Waals surface area contributed by atoms with E-state index in [-0.39, 0.29) is 11.6 Å². The highest BCUT2D eigenvalue weighted by atomic mass is 32.1. The van der Waals surface area contributed by atoms with Crippen LogP contribution in [-0.4, -0.2) is 27.7 Å². The molecule has 1 N–H and O–H groups in total. The number of fused-ring (bicyclic) bond motifs is 2. The number of benzene rings is 1. The Hall–Kier alpha value is -1.67. The van der Waals surface area contributed by atoms with Gasteiger partial charge in [-0.2, -0.15) is 23.3 Å². The van der Waals surface area contributed by atoms with Crippen LogP contribution >= 0.6 is 11.3 Å². The van der Waals surface area contributed by atoms with E-state index >= 15 is 0 Å². The molecule has 2 aliphatic rings. The van der Waals surface area contributed by atoms with E-state index < -0.39 is 17.8 Å². The Morgan fingerprint density at radius 1 is 1.26 bits per heavy atom. The predicted molar refractivity (Wildman–Crippen MR) is 82.5 cm³/mol. The number of aromatic nitrogens is 1. The molecule has 1 aliphatic carbocycles. The smallest absolute Gasteiger partial charge is 0.362 e. The minimum Gasteiger partial charge on any atom is -0.362 e. The Morgan fingerprint density at radius 2 is 2.04 bits per heavy atom. The van der Waals surface area contributed by atoms with Gasteiger partial charge in [-0.3, -0.25) is 0 Å². The quantitative estimate of drug-likeness (QED) is 0.855. The van der Waals surface area contributed by atoms with E-state index in [4.69, 9.17) is 0 Å². The van der Waals surface area contributed by atoms with Crippen LogP contribution in [0.15, 0.2) is 29.4 Å². The number of para-hydroxylation sites is 1. The lowest BCUT2D eigenvalue weighted by atomic mass is 9.80. The fourth-order valence-electron chi connectivity index (χ4n) is 3.36. The predicted octanol–water partition coefficient (Wildman–Crippen LogP) is 3.91. The highest BCUT2D eigenvalue weighted by molar-refractivity contribution is 7.22. The Labute approximate surface area is 134 Å². The highest BCUT2D eigenvalue weighted by Gasteiger charge is 2.67. The lowest BCUT2D eigenvalue weighted by Gasteiger charge is -2.38. The van der Waals surface area contributed by atoms with Crippen LogP contribution in [-0.2, 0) is 0 Å². The van der Waals surface area contributed by atoms with E-state index in [0.717, 1.165) is 22.5 Å². The zero-order valence-electron chi connectivity index (χ0n) is 12.0. The van der Waals surface area contributed by atoms with Gasteiger partial charge in [-0.1, -0.05) is 29.9 Å². The number of anilines is 1. The van der Waals surface area contributed by atoms with Gasteiger partial charge in [0.15, 0.2) is 0 Å². The average molecular weight is 341 g/mol. The molecular formula is C15H14F3N3OS. The van der Waals surface area contributed by atoms with Crippen molar-refractivity contribution in [3.05, 3.63) is 24.3 Å². The average Bonchev–Trinajstić information content (AvgIpc) is 3.07. The number of hydrogen-bond donors (Lipinski definition) is 1. The van der Waals surface area contributed by atoms with Crippen LogP contribution in [0, 0.1) is 5.92 Å². The van der Waals surface area contributed by atoms with Crippen LogP contribution < -0.4 is 5.01 Å². The fraction of sp³-hybridized carbons (Fsp3) is 0.467. The molecule has 4 nitrogen and oxygen atoms in total. The largest absolute Gasteiger partial charge is 0.439 e. The normalized spacial score (nSPS) is 28.1. The van der Waals surface area contributed by atoms with Crippen LogP contribution in [0.5, 0.6) is 0 Å². The Kier molecular flexibility index (Phi) is 3.18. The van der Waals surface area contributed by atoms with Gasteiger partial charge in [-0.05, 0) is 31.4 Å². The first-order chi connectivity index (χ1) is 10.9. The van der Waals surface area contributed by atoms with Gasteiger partial charge >= 0.3 is 6.18 Å². The number of thiazole rings is 1. The Morgan fingerprint density at radius 3 is 2.78 bits per heavy atom. The molecule has 1 aliphatic heterocycles. The second-order valence-electron chi connectivity index (χ2n) is 5.89. The summed E-state index contributed by atoms with van der Waals surface area (Å²) in [6, 6.07) is 7.10. The number of nitrogens with zero attached hydrogens (tertiary/aromatic N) is 3. The van der Waals surface area contributed by atoms with Crippen molar-refractivity contribution in [1.82, 2.24) is 4.98 Å². The maximum Gasteiger partial charge on any atom is 0.439 e. The summed E-state index contributed by atoms with van der Waals surface area (Å²) in [6.07, 6.45) is -2.56. The van der Waals surface area contributed by atoms with Crippen LogP contribution in [0.2, 0.25) is 0 Å². The van der Waals surface area contributed by atoms with Gasteiger partial charge in [0, 0.05) is 5.71 Å². The molecular weight excluding hydrogens is 327 g/mol. The third-order valence-electron chi connectivity index (χ3n) is 4.50. The summed E-state index contributed by atoms with van der Waals surface area (Å²) >= 11 is 1.11. The van der Waals surface area contributed by atoms with Crippen LogP contribution in [0.4, 0.5) is 18.3 Å². The fourth-order valence-corrected chi connectivity index (χ4v) is 4.33. The molecule has 1 aromatic carbocycles. The first kappa shape index (κ1) is 14.9. The molecule has 8 heteroatoms. The minimum atomic E-state index is -4.81. The van der Waals surface area contributed by atoms with Gasteiger partial charge in [0.1, 0.15) is 0 Å². The number of halogens is 3. The molecule has 0 unspecified atom stereocenters. The van der Waals surface area contributed by atoms with Crippen molar-refractivity contribution >= 4 is 32.4 Å². The van der Waals surface area contributed by atoms with Crippen molar-refractivity contribution in [3.63, 3.8) is 0 Å². The van der Waals surface area contributed by atoms with Crippen LogP contribution in [0.3, 0.4) is 0 Å². The maximum atomic E-state index is 13.7. The monoisotopic (exact) mass is 341 g/mol. The molecule has 1 fully saturated rings. The highest BCUT2D eigenvalue weighted by Crippen LogP contribution is 2.50. The summed E-state index contributed by atoms with van der Waals surface area (Å²) in [5.41, 5.74) is -1.97. The Bertz CT molecular complexity index is 755. The lowest BCUT2D eigenvalue weighted by Crippen LogP contribution is -2.60. The van der Waals surface area contributed by atoms with Crippen molar-refractivity contribution in [1.29, 1.82) is 0 Å². The molecule has 0 saturated heterocycles. The summed E-state index contributed by atoms with van der Waals surface area (Å²) in [5.74, 6) is -1.01. The molecule has 0 amide bonds. The molecule has 0 bridgehead atoms. The summed E-state index contributed by atoms with van der Waals surface area (Å²) < 4.78 is 41.9. The van der Waals surface area contributed by atoms with Gasteiger partial charge < -0.3 is 5.11 Å². The van der Waals surface area contributed by atoms with Gasteiger partial charge in [0.05, 0.1) is 16.1 Å².